The van der Waals surface area contributed by atoms with Crippen LogP contribution in [0.3, 0.4) is 0 Å². The van der Waals surface area contributed by atoms with Crippen molar-refractivity contribution in [2.24, 2.45) is 0 Å². The molecule has 1 rings (SSSR count). The first-order valence-corrected chi connectivity index (χ1v) is 5.47. The van der Waals surface area contributed by atoms with Crippen molar-refractivity contribution in [3.05, 3.63) is 34.9 Å². The van der Waals surface area contributed by atoms with Crippen LogP contribution >= 0.6 is 11.6 Å². The fourth-order valence-electron chi connectivity index (χ4n) is 1.32. The van der Waals surface area contributed by atoms with Gasteiger partial charge in [0.1, 0.15) is 0 Å². The molecule has 0 saturated carbocycles. The average Bonchev–Trinajstić information content (AvgIpc) is 2.24. The van der Waals surface area contributed by atoms with Crippen molar-refractivity contribution in [3.8, 4) is 0 Å². The number of aliphatic hydroxyl groups excluding tert-OH is 1. The Kier molecular flexibility index (Phi) is 2.75. The molecule has 3 heteroatoms. The second-order valence-corrected chi connectivity index (χ2v) is 5.18. The molecule has 0 saturated heterocycles. The SMILES string of the molecule is [2H]C([2H])([2H])C([2H])(NC(C)(C)C)C(O)c1cccc(Cl)c1. The monoisotopic (exact) mass is 245 g/mol. The Balaban J connectivity index is 3.24. The summed E-state index contributed by atoms with van der Waals surface area (Å²) in [5.74, 6) is 0. The van der Waals surface area contributed by atoms with Gasteiger partial charge in [0.25, 0.3) is 0 Å². The van der Waals surface area contributed by atoms with Crippen molar-refractivity contribution in [1.29, 1.82) is 0 Å². The minimum atomic E-state index is -2.71. The Morgan fingerprint density at radius 3 is 2.69 bits per heavy atom. The normalized spacial score (nSPS) is 22.3. The summed E-state index contributed by atoms with van der Waals surface area (Å²) in [7, 11) is 0. The molecule has 2 unspecified atom stereocenters. The summed E-state index contributed by atoms with van der Waals surface area (Å²) < 4.78 is 31.0. The summed E-state index contributed by atoms with van der Waals surface area (Å²) in [6.45, 7) is 2.52. The molecule has 0 amide bonds. The van der Waals surface area contributed by atoms with E-state index in [0.29, 0.717) is 10.6 Å². The number of nitrogens with one attached hydrogen (secondary N) is 1. The highest BCUT2D eigenvalue weighted by Gasteiger charge is 2.21. The van der Waals surface area contributed by atoms with Crippen LogP contribution in [-0.4, -0.2) is 16.7 Å². The van der Waals surface area contributed by atoms with Crippen molar-refractivity contribution in [2.45, 2.75) is 45.3 Å². The minimum Gasteiger partial charge on any atom is -0.387 e. The van der Waals surface area contributed by atoms with E-state index >= 15 is 0 Å². The molecule has 0 aliphatic rings. The molecule has 2 nitrogen and oxygen atoms in total. The van der Waals surface area contributed by atoms with Gasteiger partial charge in [-0.2, -0.15) is 0 Å². The zero-order valence-electron chi connectivity index (χ0n) is 13.7. The Bertz CT molecular complexity index is 472. The Morgan fingerprint density at radius 2 is 2.19 bits per heavy atom. The molecular weight excluding hydrogens is 222 g/mol. The van der Waals surface area contributed by atoms with Gasteiger partial charge in [0.15, 0.2) is 0 Å². The average molecular weight is 246 g/mol. The van der Waals surface area contributed by atoms with E-state index in [0.717, 1.165) is 0 Å². The van der Waals surface area contributed by atoms with Crippen LogP contribution < -0.4 is 5.32 Å². The number of aliphatic hydroxyl groups is 1. The molecule has 0 heterocycles. The number of benzene rings is 1. The molecule has 16 heavy (non-hydrogen) atoms. The zero-order chi connectivity index (χ0) is 15.8. The van der Waals surface area contributed by atoms with Crippen LogP contribution in [0.25, 0.3) is 0 Å². The van der Waals surface area contributed by atoms with E-state index in [-0.39, 0.29) is 0 Å². The lowest BCUT2D eigenvalue weighted by Crippen LogP contribution is -2.44. The Labute approximate surface area is 108 Å². The van der Waals surface area contributed by atoms with Crippen LogP contribution in [0.2, 0.25) is 5.02 Å². The van der Waals surface area contributed by atoms with E-state index in [1.807, 2.05) is 0 Å². The second kappa shape index (κ2) is 5.17. The standard InChI is InChI=1S/C13H20ClNO/c1-9(15-13(2,3)4)12(16)10-6-5-7-11(14)8-10/h5-9,12,15-16H,1-4H3/i1D3,9D. The lowest BCUT2D eigenvalue weighted by atomic mass is 10.00. The number of halogens is 1. The van der Waals surface area contributed by atoms with Gasteiger partial charge in [-0.05, 0) is 45.3 Å². The number of hydrogen-bond acceptors (Lipinski definition) is 2. The lowest BCUT2D eigenvalue weighted by molar-refractivity contribution is 0.121. The summed E-state index contributed by atoms with van der Waals surface area (Å²) >= 11 is 5.85. The molecule has 0 spiro atoms. The van der Waals surface area contributed by atoms with Crippen molar-refractivity contribution in [2.75, 3.05) is 0 Å². The third-order valence-corrected chi connectivity index (χ3v) is 2.18. The van der Waals surface area contributed by atoms with Crippen LogP contribution in [0.5, 0.6) is 0 Å². The van der Waals surface area contributed by atoms with Gasteiger partial charge < -0.3 is 10.4 Å². The maximum absolute atomic E-state index is 10.4. The van der Waals surface area contributed by atoms with Crippen LogP contribution in [0.4, 0.5) is 0 Å². The second-order valence-electron chi connectivity index (χ2n) is 4.75. The molecule has 0 aromatic heterocycles. The van der Waals surface area contributed by atoms with Crippen LogP contribution in [-0.2, 0) is 0 Å². The van der Waals surface area contributed by atoms with E-state index < -0.39 is 24.5 Å². The van der Waals surface area contributed by atoms with Crippen molar-refractivity contribution in [3.63, 3.8) is 0 Å². The maximum atomic E-state index is 10.4. The fourth-order valence-corrected chi connectivity index (χ4v) is 1.51. The summed E-state index contributed by atoms with van der Waals surface area (Å²) in [5.41, 5.74) is -0.351. The molecule has 1 aromatic rings. The van der Waals surface area contributed by atoms with Gasteiger partial charge in [0.2, 0.25) is 0 Å². The summed E-state index contributed by atoms with van der Waals surface area (Å²) in [5, 5.41) is 13.5. The molecule has 0 radical (unpaired) electrons. The van der Waals surface area contributed by atoms with Crippen LogP contribution in [0, 0.1) is 0 Å². The first-order valence-electron chi connectivity index (χ1n) is 7.10. The third kappa shape index (κ3) is 4.12. The molecule has 1 aromatic carbocycles. The first kappa shape index (κ1) is 8.51. The van der Waals surface area contributed by atoms with Gasteiger partial charge in [0, 0.05) is 22.1 Å². The van der Waals surface area contributed by atoms with E-state index in [1.54, 1.807) is 39.0 Å². The van der Waals surface area contributed by atoms with Crippen LogP contribution in [0.1, 0.15) is 44.8 Å². The molecule has 0 bridgehead atoms. The number of hydrogen-bond donors (Lipinski definition) is 2. The zero-order valence-corrected chi connectivity index (χ0v) is 10.5. The minimum absolute atomic E-state index is 0.292. The number of rotatable bonds is 3. The van der Waals surface area contributed by atoms with Gasteiger partial charge in [0.05, 0.1) is 6.10 Å². The Hall–Kier alpha value is -0.570. The van der Waals surface area contributed by atoms with E-state index in [1.165, 1.54) is 6.07 Å². The quantitative estimate of drug-likeness (QED) is 0.858. The highest BCUT2D eigenvalue weighted by atomic mass is 35.5. The van der Waals surface area contributed by atoms with Crippen molar-refractivity contribution < 1.29 is 10.6 Å². The first-order chi connectivity index (χ1) is 8.87. The predicted octanol–water partition coefficient (Wildman–Crippen LogP) is 3.15. The third-order valence-electron chi connectivity index (χ3n) is 1.95. The molecule has 0 aliphatic heterocycles. The predicted molar refractivity (Wildman–Crippen MR) is 68.8 cm³/mol. The van der Waals surface area contributed by atoms with Gasteiger partial charge >= 0.3 is 0 Å². The van der Waals surface area contributed by atoms with E-state index in [9.17, 15) is 5.11 Å². The van der Waals surface area contributed by atoms with E-state index in [4.69, 9.17) is 17.1 Å². The molecule has 90 valence electrons. The molecule has 2 N–H and O–H groups in total. The summed E-state index contributed by atoms with van der Waals surface area (Å²) in [6, 6.07) is 4.02. The van der Waals surface area contributed by atoms with Gasteiger partial charge in [-0.15, -0.1) is 0 Å². The molecular formula is C13H20ClNO. The van der Waals surface area contributed by atoms with Gasteiger partial charge in [-0.3, -0.25) is 0 Å². The van der Waals surface area contributed by atoms with Gasteiger partial charge in [-0.1, -0.05) is 23.7 Å². The maximum Gasteiger partial charge on any atom is 0.0940 e. The fraction of sp³-hybridized carbons (Fsp3) is 0.538. The Morgan fingerprint density at radius 1 is 1.50 bits per heavy atom. The summed E-state index contributed by atoms with van der Waals surface area (Å²) in [6.07, 6.45) is -1.53. The largest absolute Gasteiger partial charge is 0.387 e. The molecule has 0 fully saturated rings. The molecule has 0 aliphatic carbocycles. The smallest absolute Gasteiger partial charge is 0.0940 e. The van der Waals surface area contributed by atoms with Crippen molar-refractivity contribution >= 4 is 11.6 Å². The van der Waals surface area contributed by atoms with Crippen LogP contribution in [0.15, 0.2) is 24.3 Å². The highest BCUT2D eigenvalue weighted by Crippen LogP contribution is 2.21. The van der Waals surface area contributed by atoms with Crippen molar-refractivity contribution in [1.82, 2.24) is 5.32 Å². The highest BCUT2D eigenvalue weighted by molar-refractivity contribution is 6.30. The summed E-state index contributed by atoms with van der Waals surface area (Å²) in [4.78, 5) is 0. The topological polar surface area (TPSA) is 32.3 Å². The molecule has 2 atom stereocenters. The lowest BCUT2D eigenvalue weighted by Gasteiger charge is -2.29. The van der Waals surface area contributed by atoms with E-state index in [2.05, 4.69) is 5.32 Å². The van der Waals surface area contributed by atoms with Gasteiger partial charge in [-0.25, -0.2) is 0 Å².